The van der Waals surface area contributed by atoms with Gasteiger partial charge >= 0.3 is 11.9 Å². The molecule has 0 unspecified atom stereocenters. The smallest absolute Gasteiger partial charge is 0.344 e. The third-order valence-corrected chi connectivity index (χ3v) is 3.74. The third-order valence-electron chi connectivity index (χ3n) is 3.74. The van der Waals surface area contributed by atoms with Crippen molar-refractivity contribution in [2.24, 2.45) is 0 Å². The van der Waals surface area contributed by atoms with Gasteiger partial charge in [0.15, 0.2) is 11.4 Å². The second-order valence-corrected chi connectivity index (χ2v) is 5.25. The second-order valence-electron chi connectivity index (χ2n) is 5.25. The normalized spacial score (nSPS) is 10.3. The summed E-state index contributed by atoms with van der Waals surface area (Å²) in [6, 6.07) is 11.1. The average molecular weight is 328 g/mol. The number of aromatic nitrogens is 1. The molecule has 2 aromatic rings. The highest BCUT2D eigenvalue weighted by Gasteiger charge is 2.29. The number of carbonyl (C=O) groups excluding carboxylic acids is 2. The van der Waals surface area contributed by atoms with Gasteiger partial charge < -0.3 is 9.47 Å². The number of benzene rings is 1. The van der Waals surface area contributed by atoms with Crippen molar-refractivity contribution in [1.29, 1.82) is 0 Å². The molecule has 5 nitrogen and oxygen atoms in total. The maximum Gasteiger partial charge on any atom is 0.344 e. The zero-order valence-electron chi connectivity index (χ0n) is 14.5. The molecule has 0 aliphatic carbocycles. The summed E-state index contributed by atoms with van der Waals surface area (Å²) in [5, 5.41) is 0. The van der Waals surface area contributed by atoms with Crippen molar-refractivity contribution in [3.63, 3.8) is 0 Å². The Hall–Kier alpha value is -2.69. The Morgan fingerprint density at radius 1 is 0.875 bits per heavy atom. The lowest BCUT2D eigenvalue weighted by atomic mass is 10.1. The van der Waals surface area contributed by atoms with Crippen LogP contribution in [-0.4, -0.2) is 25.2 Å². The number of nitrogens with zero attached hydrogens (tertiary/aromatic N) is 1. The van der Waals surface area contributed by atoms with Crippen LogP contribution in [-0.2, 0) is 9.47 Å². The summed E-state index contributed by atoms with van der Waals surface area (Å²) in [5.41, 5.74) is 3.00. The largest absolute Gasteiger partial charge is 0.462 e. The lowest BCUT2D eigenvalue weighted by Crippen LogP contribution is -2.41. The molecule has 0 radical (unpaired) electrons. The third kappa shape index (κ3) is 3.45. The zero-order valence-corrected chi connectivity index (χ0v) is 14.5. The Bertz CT molecular complexity index is 711. The molecule has 0 bridgehead atoms. The highest BCUT2D eigenvalue weighted by molar-refractivity contribution is 5.96. The van der Waals surface area contributed by atoms with Gasteiger partial charge in [-0.1, -0.05) is 18.2 Å². The van der Waals surface area contributed by atoms with Crippen LogP contribution in [0.3, 0.4) is 0 Å². The monoisotopic (exact) mass is 328 g/mol. The number of ether oxygens (including phenoxy) is 2. The van der Waals surface area contributed by atoms with E-state index in [1.54, 1.807) is 19.9 Å². The molecular weight excluding hydrogens is 306 g/mol. The summed E-state index contributed by atoms with van der Waals surface area (Å²) >= 11 is 0. The van der Waals surface area contributed by atoms with Crippen LogP contribution in [0.1, 0.15) is 46.0 Å². The predicted molar refractivity (Wildman–Crippen MR) is 89.4 cm³/mol. The quantitative estimate of drug-likeness (QED) is 0.625. The first-order chi connectivity index (χ1) is 11.5. The molecule has 0 saturated carbocycles. The van der Waals surface area contributed by atoms with Crippen LogP contribution in [0.4, 0.5) is 0 Å². The summed E-state index contributed by atoms with van der Waals surface area (Å²) in [5.74, 6) is -0.907. The van der Waals surface area contributed by atoms with Crippen LogP contribution in [0, 0.1) is 13.8 Å². The van der Waals surface area contributed by atoms with Crippen molar-refractivity contribution in [3.8, 4) is 5.69 Å². The Morgan fingerprint density at radius 2 is 1.33 bits per heavy atom. The molecule has 0 spiro atoms. The molecule has 0 aliphatic heterocycles. The average Bonchev–Trinajstić information content (AvgIpc) is 2.56. The van der Waals surface area contributed by atoms with E-state index in [-0.39, 0.29) is 13.2 Å². The Kier molecular flexibility index (Phi) is 5.68. The molecule has 0 aliphatic rings. The number of hydrogen-bond donors (Lipinski definition) is 0. The fraction of sp³-hybridized carbons (Fsp3) is 0.316. The van der Waals surface area contributed by atoms with Gasteiger partial charge in [-0.15, -0.1) is 0 Å². The fourth-order valence-corrected chi connectivity index (χ4v) is 2.64. The maximum absolute atomic E-state index is 12.3. The molecule has 0 saturated heterocycles. The van der Waals surface area contributed by atoms with Gasteiger partial charge in [0.2, 0.25) is 5.69 Å². The van der Waals surface area contributed by atoms with E-state index in [0.29, 0.717) is 22.5 Å². The zero-order chi connectivity index (χ0) is 17.7. The van der Waals surface area contributed by atoms with Crippen molar-refractivity contribution in [2.45, 2.75) is 27.7 Å². The van der Waals surface area contributed by atoms with Gasteiger partial charge in [0.1, 0.15) is 11.1 Å². The Morgan fingerprint density at radius 3 is 1.75 bits per heavy atom. The predicted octanol–water partition coefficient (Wildman–Crippen LogP) is 2.93. The number of pyridine rings is 1. The minimum absolute atomic E-state index is 0.270. The lowest BCUT2D eigenvalue weighted by molar-refractivity contribution is -0.609. The first-order valence-electron chi connectivity index (χ1n) is 7.97. The first-order valence-corrected chi connectivity index (χ1v) is 7.97. The summed E-state index contributed by atoms with van der Waals surface area (Å²) in [6.45, 7) is 7.71. The van der Waals surface area contributed by atoms with Gasteiger partial charge in [-0.05, 0) is 19.9 Å². The van der Waals surface area contributed by atoms with E-state index in [1.165, 1.54) is 0 Å². The van der Waals surface area contributed by atoms with Crippen LogP contribution in [0.5, 0.6) is 0 Å². The van der Waals surface area contributed by atoms with E-state index in [4.69, 9.17) is 9.47 Å². The van der Waals surface area contributed by atoms with Crippen molar-refractivity contribution in [2.75, 3.05) is 13.2 Å². The molecule has 126 valence electrons. The van der Waals surface area contributed by atoms with Crippen LogP contribution < -0.4 is 4.57 Å². The SMILES string of the molecule is CCOC(=O)c1cc(C(=O)OCC)c(C)[n+](-c2ccccc2)c1C. The number of esters is 2. The van der Waals surface area contributed by atoms with Crippen LogP contribution in [0.15, 0.2) is 36.4 Å². The summed E-state index contributed by atoms with van der Waals surface area (Å²) < 4.78 is 12.1. The van der Waals surface area contributed by atoms with Crippen molar-refractivity contribution in [1.82, 2.24) is 0 Å². The van der Waals surface area contributed by atoms with E-state index in [9.17, 15) is 9.59 Å². The molecule has 1 aromatic heterocycles. The molecular formula is C19H22NO4+. The fourth-order valence-electron chi connectivity index (χ4n) is 2.64. The second kappa shape index (κ2) is 7.73. The highest BCUT2D eigenvalue weighted by atomic mass is 16.5. The molecule has 0 amide bonds. The van der Waals surface area contributed by atoms with E-state index in [2.05, 4.69) is 0 Å². The minimum atomic E-state index is -0.453. The standard InChI is InChI=1S/C19H22NO4/c1-5-23-18(21)16-12-17(19(22)24-6-2)14(4)20(13(16)3)15-10-8-7-9-11-15/h7-12H,5-6H2,1-4H3/q+1. The number of hydrogen-bond acceptors (Lipinski definition) is 4. The van der Waals surface area contributed by atoms with Gasteiger partial charge in [-0.25, -0.2) is 9.59 Å². The lowest BCUT2D eigenvalue weighted by Gasteiger charge is -2.11. The highest BCUT2D eigenvalue weighted by Crippen LogP contribution is 2.16. The number of rotatable bonds is 5. The molecule has 0 atom stereocenters. The van der Waals surface area contributed by atoms with Gasteiger partial charge in [0, 0.05) is 26.0 Å². The minimum Gasteiger partial charge on any atom is -0.462 e. The van der Waals surface area contributed by atoms with E-state index >= 15 is 0 Å². The maximum atomic E-state index is 12.3. The van der Waals surface area contributed by atoms with Gasteiger partial charge in [0.05, 0.1) is 13.2 Å². The van der Waals surface area contributed by atoms with Crippen LogP contribution in [0.2, 0.25) is 0 Å². The van der Waals surface area contributed by atoms with Crippen LogP contribution in [0.25, 0.3) is 5.69 Å². The molecule has 0 fully saturated rings. The number of para-hydroxylation sites is 1. The van der Waals surface area contributed by atoms with Gasteiger partial charge in [-0.2, -0.15) is 4.57 Å². The van der Waals surface area contributed by atoms with Gasteiger partial charge in [0.25, 0.3) is 0 Å². The summed E-state index contributed by atoms with van der Waals surface area (Å²) in [7, 11) is 0. The molecule has 5 heteroatoms. The van der Waals surface area contributed by atoms with Crippen molar-refractivity contribution >= 4 is 11.9 Å². The summed E-state index contributed by atoms with van der Waals surface area (Å²) in [4.78, 5) is 24.6. The topological polar surface area (TPSA) is 56.5 Å². The first kappa shape index (κ1) is 17.7. The Balaban J connectivity index is 2.72. The molecule has 2 rings (SSSR count). The molecule has 24 heavy (non-hydrogen) atoms. The Labute approximate surface area is 141 Å². The summed E-state index contributed by atoms with van der Waals surface area (Å²) in [6.07, 6.45) is 0. The number of carbonyl (C=O) groups is 2. The molecule has 1 heterocycles. The van der Waals surface area contributed by atoms with Crippen LogP contribution >= 0.6 is 0 Å². The van der Waals surface area contributed by atoms with Crippen molar-refractivity contribution < 1.29 is 23.6 Å². The van der Waals surface area contributed by atoms with E-state index in [0.717, 1.165) is 5.69 Å². The van der Waals surface area contributed by atoms with Gasteiger partial charge in [-0.3, -0.25) is 0 Å². The molecule has 1 aromatic carbocycles. The van der Waals surface area contributed by atoms with E-state index in [1.807, 2.05) is 48.7 Å². The molecule has 0 N–H and O–H groups in total. The van der Waals surface area contributed by atoms with E-state index < -0.39 is 11.9 Å². The van der Waals surface area contributed by atoms with Crippen molar-refractivity contribution in [3.05, 3.63) is 58.9 Å².